The van der Waals surface area contributed by atoms with E-state index in [-0.39, 0.29) is 11.7 Å². The molecule has 0 aromatic carbocycles. The Morgan fingerprint density at radius 2 is 2.50 bits per heavy atom. The largest absolute Gasteiger partial charge is 0.478 e. The minimum Gasteiger partial charge on any atom is -0.478 e. The van der Waals surface area contributed by atoms with Gasteiger partial charge in [-0.3, -0.25) is 4.90 Å². The fraction of sp³-hybridized carbons (Fsp3) is 0.615. The van der Waals surface area contributed by atoms with Crippen molar-refractivity contribution in [2.45, 2.75) is 25.0 Å². The highest BCUT2D eigenvalue weighted by atomic mass is 16.5. The second-order valence-electron chi connectivity index (χ2n) is 5.23. The molecule has 0 spiro atoms. The van der Waals surface area contributed by atoms with E-state index in [9.17, 15) is 4.79 Å². The third-order valence-electron chi connectivity index (χ3n) is 3.91. The van der Waals surface area contributed by atoms with Crippen molar-refractivity contribution in [3.05, 3.63) is 17.8 Å². The van der Waals surface area contributed by atoms with E-state index < -0.39 is 5.97 Å². The van der Waals surface area contributed by atoms with Crippen molar-refractivity contribution in [2.24, 2.45) is 0 Å². The Morgan fingerprint density at radius 1 is 1.60 bits per heavy atom. The number of ether oxygens (including phenoxy) is 1. The lowest BCUT2D eigenvalue weighted by Gasteiger charge is -2.35. The Bertz CT molecular complexity index is 496. The zero-order valence-electron chi connectivity index (χ0n) is 11.2. The number of nitrogens with zero attached hydrogens (tertiary/aromatic N) is 3. The fourth-order valence-electron chi connectivity index (χ4n) is 2.85. The fourth-order valence-corrected chi connectivity index (χ4v) is 2.85. The first-order valence-corrected chi connectivity index (χ1v) is 6.88. The Hall–Kier alpha value is -1.73. The molecule has 0 aliphatic carbocycles. The maximum Gasteiger partial charge on any atom is 0.339 e. The number of carboxylic acid groups (broad SMARTS) is 1. The zero-order valence-corrected chi connectivity index (χ0v) is 11.2. The molecule has 0 saturated carbocycles. The summed E-state index contributed by atoms with van der Waals surface area (Å²) in [6, 6.07) is 2.01. The van der Waals surface area contributed by atoms with Crippen molar-refractivity contribution in [2.75, 3.05) is 31.6 Å². The summed E-state index contributed by atoms with van der Waals surface area (Å²) in [6.45, 7) is 3.33. The molecule has 2 atom stereocenters. The number of hydrogen-bond donors (Lipinski definition) is 2. The number of hydrogen-bond acceptors (Lipinski definition) is 6. The highest BCUT2D eigenvalue weighted by Gasteiger charge is 2.32. The van der Waals surface area contributed by atoms with Crippen LogP contribution >= 0.6 is 0 Å². The maximum absolute atomic E-state index is 11.1. The summed E-state index contributed by atoms with van der Waals surface area (Å²) in [5.74, 6) is -0.710. The number of morpholine rings is 1. The first-order valence-electron chi connectivity index (χ1n) is 6.88. The lowest BCUT2D eigenvalue weighted by molar-refractivity contribution is -0.0416. The number of carbonyl (C=O) groups is 1. The molecule has 2 aliphatic heterocycles. The molecule has 0 radical (unpaired) electrons. The van der Waals surface area contributed by atoms with Crippen molar-refractivity contribution in [3.63, 3.8) is 0 Å². The number of fused-ring (bicyclic) bond motifs is 1. The molecular formula is C13H18N4O3. The van der Waals surface area contributed by atoms with Crippen molar-refractivity contribution in [1.29, 1.82) is 0 Å². The summed E-state index contributed by atoms with van der Waals surface area (Å²) < 4.78 is 5.81. The van der Waals surface area contributed by atoms with Crippen molar-refractivity contribution in [1.82, 2.24) is 15.1 Å². The Morgan fingerprint density at radius 3 is 3.35 bits per heavy atom. The maximum atomic E-state index is 11.1. The molecule has 3 heterocycles. The van der Waals surface area contributed by atoms with Crippen LogP contribution in [0.15, 0.2) is 12.3 Å². The van der Waals surface area contributed by atoms with Gasteiger partial charge in [-0.1, -0.05) is 0 Å². The van der Waals surface area contributed by atoms with E-state index in [1.807, 2.05) is 0 Å². The number of aromatic nitrogens is 2. The molecule has 2 aliphatic rings. The quantitative estimate of drug-likeness (QED) is 0.826. The third kappa shape index (κ3) is 2.73. The van der Waals surface area contributed by atoms with Gasteiger partial charge in [0.05, 0.1) is 18.9 Å². The first-order chi connectivity index (χ1) is 9.74. The van der Waals surface area contributed by atoms with Crippen molar-refractivity contribution < 1.29 is 14.6 Å². The first kappa shape index (κ1) is 13.3. The van der Waals surface area contributed by atoms with Crippen LogP contribution in [0.2, 0.25) is 0 Å². The molecular weight excluding hydrogens is 260 g/mol. The Balaban J connectivity index is 1.58. The van der Waals surface area contributed by atoms with E-state index in [4.69, 9.17) is 9.84 Å². The van der Waals surface area contributed by atoms with Crippen LogP contribution < -0.4 is 5.32 Å². The number of carboxylic acids is 1. The molecule has 0 bridgehead atoms. The van der Waals surface area contributed by atoms with Crippen LogP contribution in [-0.4, -0.2) is 64.6 Å². The molecule has 7 heteroatoms. The van der Waals surface area contributed by atoms with Gasteiger partial charge in [0.25, 0.3) is 0 Å². The molecule has 2 unspecified atom stereocenters. The predicted molar refractivity (Wildman–Crippen MR) is 71.8 cm³/mol. The van der Waals surface area contributed by atoms with Crippen LogP contribution in [0.3, 0.4) is 0 Å². The third-order valence-corrected chi connectivity index (χ3v) is 3.91. The van der Waals surface area contributed by atoms with E-state index in [0.717, 1.165) is 19.7 Å². The van der Waals surface area contributed by atoms with Crippen molar-refractivity contribution in [3.8, 4) is 0 Å². The summed E-state index contributed by atoms with van der Waals surface area (Å²) in [6.07, 6.45) is 3.89. The number of aromatic carboxylic acids is 1. The summed E-state index contributed by atoms with van der Waals surface area (Å²) in [4.78, 5) is 13.5. The van der Waals surface area contributed by atoms with Crippen LogP contribution in [0.4, 0.5) is 5.82 Å². The van der Waals surface area contributed by atoms with Gasteiger partial charge in [-0.05, 0) is 25.5 Å². The second-order valence-corrected chi connectivity index (χ2v) is 5.23. The molecule has 0 amide bonds. The molecule has 20 heavy (non-hydrogen) atoms. The zero-order chi connectivity index (χ0) is 13.9. The molecule has 3 rings (SSSR count). The van der Waals surface area contributed by atoms with E-state index in [1.165, 1.54) is 25.1 Å². The van der Waals surface area contributed by atoms with Gasteiger partial charge in [0, 0.05) is 19.1 Å². The molecule has 108 valence electrons. The Kier molecular flexibility index (Phi) is 3.79. The summed E-state index contributed by atoms with van der Waals surface area (Å²) in [5, 5.41) is 19.7. The van der Waals surface area contributed by atoms with Gasteiger partial charge in [-0.25, -0.2) is 4.79 Å². The minimum absolute atomic E-state index is 0.0630. The lowest BCUT2D eigenvalue weighted by Crippen LogP contribution is -2.48. The molecule has 1 aromatic heterocycles. The van der Waals surface area contributed by atoms with E-state index in [2.05, 4.69) is 20.4 Å². The highest BCUT2D eigenvalue weighted by molar-refractivity contribution is 5.92. The monoisotopic (exact) mass is 278 g/mol. The second kappa shape index (κ2) is 5.72. The number of anilines is 1. The average Bonchev–Trinajstić information content (AvgIpc) is 2.92. The predicted octanol–water partition coefficient (Wildman–Crippen LogP) is 0.450. The van der Waals surface area contributed by atoms with Crippen LogP contribution in [0.25, 0.3) is 0 Å². The van der Waals surface area contributed by atoms with E-state index >= 15 is 0 Å². The Labute approximate surface area is 116 Å². The van der Waals surface area contributed by atoms with Gasteiger partial charge in [0.15, 0.2) is 5.82 Å². The summed E-state index contributed by atoms with van der Waals surface area (Å²) >= 11 is 0. The van der Waals surface area contributed by atoms with Crippen LogP contribution in [0.1, 0.15) is 23.2 Å². The van der Waals surface area contributed by atoms with Crippen LogP contribution in [0.5, 0.6) is 0 Å². The molecule has 2 saturated heterocycles. The van der Waals surface area contributed by atoms with Gasteiger partial charge in [0.2, 0.25) is 0 Å². The average molecular weight is 278 g/mol. The standard InChI is InChI=1S/C13H18N4O3/c18-13(19)11-3-4-15-16-12(11)14-6-10-7-17-5-1-2-9(17)8-20-10/h3-4,9-10H,1-2,5-8H2,(H,14,16)(H,18,19). The van der Waals surface area contributed by atoms with Crippen molar-refractivity contribution >= 4 is 11.8 Å². The lowest BCUT2D eigenvalue weighted by atomic mass is 10.2. The molecule has 2 N–H and O–H groups in total. The molecule has 1 aromatic rings. The van der Waals surface area contributed by atoms with Gasteiger partial charge in [-0.2, -0.15) is 5.10 Å². The molecule has 2 fully saturated rings. The number of rotatable bonds is 4. The van der Waals surface area contributed by atoms with E-state index in [1.54, 1.807) is 0 Å². The summed E-state index contributed by atoms with van der Waals surface area (Å²) in [7, 11) is 0. The van der Waals surface area contributed by atoms with Gasteiger partial charge in [-0.15, -0.1) is 5.10 Å². The van der Waals surface area contributed by atoms with Gasteiger partial charge in [0.1, 0.15) is 5.56 Å². The van der Waals surface area contributed by atoms with Gasteiger partial charge < -0.3 is 15.2 Å². The number of nitrogens with one attached hydrogen (secondary N) is 1. The van der Waals surface area contributed by atoms with Gasteiger partial charge >= 0.3 is 5.97 Å². The van der Waals surface area contributed by atoms with Crippen LogP contribution in [-0.2, 0) is 4.74 Å². The normalized spacial score (nSPS) is 26.2. The van der Waals surface area contributed by atoms with E-state index in [0.29, 0.717) is 18.4 Å². The highest BCUT2D eigenvalue weighted by Crippen LogP contribution is 2.22. The smallest absolute Gasteiger partial charge is 0.339 e. The SMILES string of the molecule is O=C(O)c1ccnnc1NCC1CN2CCCC2CO1. The minimum atomic E-state index is -1.01. The molecule has 7 nitrogen and oxygen atoms in total. The summed E-state index contributed by atoms with van der Waals surface area (Å²) in [5.41, 5.74) is 0.134. The topological polar surface area (TPSA) is 87.6 Å². The van der Waals surface area contributed by atoms with Crippen LogP contribution in [0, 0.1) is 0 Å².